The highest BCUT2D eigenvalue weighted by atomic mass is 19.1. The zero-order chi connectivity index (χ0) is 13.1. The Morgan fingerprint density at radius 2 is 2.22 bits per heavy atom. The van der Waals surface area contributed by atoms with Crippen LogP contribution in [0.15, 0.2) is 18.2 Å². The van der Waals surface area contributed by atoms with E-state index in [4.69, 9.17) is 10.5 Å². The number of halogens is 1. The fourth-order valence-corrected chi connectivity index (χ4v) is 2.40. The number of hydrogen-bond donors (Lipinski definition) is 1. The van der Waals surface area contributed by atoms with E-state index < -0.39 is 11.8 Å². The van der Waals surface area contributed by atoms with E-state index in [0.717, 1.165) is 19.3 Å². The smallest absolute Gasteiger partial charge is 0.341 e. The van der Waals surface area contributed by atoms with Crippen molar-refractivity contribution in [2.75, 3.05) is 5.73 Å². The van der Waals surface area contributed by atoms with Gasteiger partial charge in [0, 0.05) is 5.69 Å². The molecule has 2 rings (SSSR count). The van der Waals surface area contributed by atoms with Crippen LogP contribution in [0, 0.1) is 11.7 Å². The number of esters is 1. The van der Waals surface area contributed by atoms with Gasteiger partial charge in [0.25, 0.3) is 0 Å². The minimum Gasteiger partial charge on any atom is -0.459 e. The van der Waals surface area contributed by atoms with E-state index in [0.29, 0.717) is 11.6 Å². The van der Waals surface area contributed by atoms with Gasteiger partial charge in [-0.2, -0.15) is 0 Å². The maximum Gasteiger partial charge on any atom is 0.341 e. The number of carbonyl (C=O) groups excluding carboxylic acids is 1. The lowest BCUT2D eigenvalue weighted by Crippen LogP contribution is -2.25. The molecule has 4 heteroatoms. The first-order chi connectivity index (χ1) is 8.56. The van der Waals surface area contributed by atoms with Crippen molar-refractivity contribution < 1.29 is 13.9 Å². The second-order valence-corrected chi connectivity index (χ2v) is 5.04. The molecule has 1 saturated carbocycles. The van der Waals surface area contributed by atoms with Gasteiger partial charge in [0.1, 0.15) is 11.9 Å². The predicted octanol–water partition coefficient (Wildman–Crippen LogP) is 3.14. The van der Waals surface area contributed by atoms with Gasteiger partial charge in [0.15, 0.2) is 0 Å². The van der Waals surface area contributed by atoms with E-state index in [2.05, 4.69) is 6.92 Å². The second-order valence-electron chi connectivity index (χ2n) is 5.04. The highest BCUT2D eigenvalue weighted by Crippen LogP contribution is 2.26. The predicted molar refractivity (Wildman–Crippen MR) is 67.6 cm³/mol. The molecule has 2 unspecified atom stereocenters. The van der Waals surface area contributed by atoms with Crippen LogP contribution in [-0.2, 0) is 4.74 Å². The number of nitrogen functional groups attached to an aromatic ring is 1. The Morgan fingerprint density at radius 3 is 2.94 bits per heavy atom. The van der Waals surface area contributed by atoms with Crippen LogP contribution < -0.4 is 5.73 Å². The van der Waals surface area contributed by atoms with Crippen LogP contribution in [-0.4, -0.2) is 12.1 Å². The van der Waals surface area contributed by atoms with Gasteiger partial charge in [-0.1, -0.05) is 13.3 Å². The molecule has 3 nitrogen and oxygen atoms in total. The van der Waals surface area contributed by atoms with Crippen molar-refractivity contribution in [2.45, 2.75) is 38.7 Å². The van der Waals surface area contributed by atoms with Crippen LogP contribution in [0.3, 0.4) is 0 Å². The first-order valence-electron chi connectivity index (χ1n) is 6.32. The average Bonchev–Trinajstić information content (AvgIpc) is 2.32. The molecule has 1 aromatic rings. The number of ether oxygens (including phenoxy) is 1. The summed E-state index contributed by atoms with van der Waals surface area (Å²) < 4.78 is 18.8. The van der Waals surface area contributed by atoms with Gasteiger partial charge in [0.2, 0.25) is 0 Å². The Morgan fingerprint density at radius 1 is 1.44 bits per heavy atom. The molecule has 0 radical (unpaired) electrons. The zero-order valence-electron chi connectivity index (χ0n) is 10.5. The van der Waals surface area contributed by atoms with Crippen LogP contribution in [0.1, 0.15) is 43.0 Å². The van der Waals surface area contributed by atoms with E-state index in [1.165, 1.54) is 24.6 Å². The summed E-state index contributed by atoms with van der Waals surface area (Å²) in [5.74, 6) is -0.640. The Balaban J connectivity index is 2.05. The van der Waals surface area contributed by atoms with Crippen LogP contribution in [0.2, 0.25) is 0 Å². The third kappa shape index (κ3) is 3.00. The summed E-state index contributed by atoms with van der Waals surface area (Å²) in [6.45, 7) is 2.14. The number of nitrogens with two attached hydrogens (primary N) is 1. The summed E-state index contributed by atoms with van der Waals surface area (Å²) in [5.41, 5.74) is 5.83. The summed E-state index contributed by atoms with van der Waals surface area (Å²) in [6.07, 6.45) is 3.84. The monoisotopic (exact) mass is 251 g/mol. The van der Waals surface area contributed by atoms with Crippen molar-refractivity contribution in [3.63, 3.8) is 0 Å². The standard InChI is InChI=1S/C14H18FNO2/c1-9-3-2-4-11(7-9)18-14(17)12-8-10(16)5-6-13(12)15/h5-6,8-9,11H,2-4,7,16H2,1H3. The molecule has 2 atom stereocenters. The number of anilines is 1. The minimum atomic E-state index is -0.612. The summed E-state index contributed by atoms with van der Waals surface area (Å²) >= 11 is 0. The number of benzene rings is 1. The van der Waals surface area contributed by atoms with Gasteiger partial charge >= 0.3 is 5.97 Å². The molecule has 1 aromatic carbocycles. The molecule has 0 aromatic heterocycles. The molecule has 1 fully saturated rings. The molecular weight excluding hydrogens is 233 g/mol. The SMILES string of the molecule is CC1CCCC(OC(=O)c2cc(N)ccc2F)C1. The fraction of sp³-hybridized carbons (Fsp3) is 0.500. The van der Waals surface area contributed by atoms with Crippen molar-refractivity contribution in [2.24, 2.45) is 5.92 Å². The van der Waals surface area contributed by atoms with E-state index in [1.54, 1.807) is 0 Å². The molecule has 18 heavy (non-hydrogen) atoms. The van der Waals surface area contributed by atoms with Crippen molar-refractivity contribution in [3.05, 3.63) is 29.6 Å². The topological polar surface area (TPSA) is 52.3 Å². The summed E-state index contributed by atoms with van der Waals surface area (Å²) in [6, 6.07) is 3.94. The minimum absolute atomic E-state index is 0.0757. The van der Waals surface area contributed by atoms with E-state index >= 15 is 0 Å². The molecule has 0 spiro atoms. The van der Waals surface area contributed by atoms with Crippen LogP contribution in [0.25, 0.3) is 0 Å². The van der Waals surface area contributed by atoms with Gasteiger partial charge < -0.3 is 10.5 Å². The Bertz CT molecular complexity index is 447. The molecule has 1 aliphatic carbocycles. The quantitative estimate of drug-likeness (QED) is 0.649. The van der Waals surface area contributed by atoms with Gasteiger partial charge in [-0.3, -0.25) is 0 Å². The highest BCUT2D eigenvalue weighted by Gasteiger charge is 2.24. The van der Waals surface area contributed by atoms with Gasteiger partial charge in [-0.15, -0.1) is 0 Å². The average molecular weight is 251 g/mol. The van der Waals surface area contributed by atoms with Crippen LogP contribution in [0.5, 0.6) is 0 Å². The molecule has 98 valence electrons. The molecule has 0 amide bonds. The Labute approximate surface area is 106 Å². The normalized spacial score (nSPS) is 23.7. The Kier molecular flexibility index (Phi) is 3.84. The third-order valence-electron chi connectivity index (χ3n) is 3.37. The lowest BCUT2D eigenvalue weighted by molar-refractivity contribution is 0.0150. The number of hydrogen-bond acceptors (Lipinski definition) is 3. The number of carbonyl (C=O) groups is 1. The zero-order valence-corrected chi connectivity index (χ0v) is 10.5. The van der Waals surface area contributed by atoms with Crippen LogP contribution in [0.4, 0.5) is 10.1 Å². The van der Waals surface area contributed by atoms with Crippen molar-refractivity contribution in [1.82, 2.24) is 0 Å². The number of rotatable bonds is 2. The Hall–Kier alpha value is -1.58. The molecule has 0 aliphatic heterocycles. The highest BCUT2D eigenvalue weighted by molar-refractivity contribution is 5.90. The van der Waals surface area contributed by atoms with Gasteiger partial charge in [-0.05, 0) is 43.4 Å². The van der Waals surface area contributed by atoms with Crippen molar-refractivity contribution >= 4 is 11.7 Å². The van der Waals surface area contributed by atoms with Gasteiger partial charge in [-0.25, -0.2) is 9.18 Å². The lowest BCUT2D eigenvalue weighted by atomic mass is 9.89. The summed E-state index contributed by atoms with van der Waals surface area (Å²) in [5, 5.41) is 0. The van der Waals surface area contributed by atoms with E-state index in [9.17, 15) is 9.18 Å². The maximum atomic E-state index is 13.5. The maximum absolute atomic E-state index is 13.5. The molecule has 0 bridgehead atoms. The molecule has 0 heterocycles. The van der Waals surface area contributed by atoms with E-state index in [1.807, 2.05) is 0 Å². The third-order valence-corrected chi connectivity index (χ3v) is 3.37. The fourth-order valence-electron chi connectivity index (χ4n) is 2.40. The molecule has 0 saturated heterocycles. The van der Waals surface area contributed by atoms with Crippen molar-refractivity contribution in [1.29, 1.82) is 0 Å². The second kappa shape index (κ2) is 5.38. The largest absolute Gasteiger partial charge is 0.459 e. The molecule has 2 N–H and O–H groups in total. The first-order valence-corrected chi connectivity index (χ1v) is 6.32. The van der Waals surface area contributed by atoms with Gasteiger partial charge in [0.05, 0.1) is 5.56 Å². The van der Waals surface area contributed by atoms with E-state index in [-0.39, 0.29) is 11.7 Å². The summed E-state index contributed by atoms with van der Waals surface area (Å²) in [4.78, 5) is 11.9. The molecular formula is C14H18FNO2. The van der Waals surface area contributed by atoms with Crippen LogP contribution >= 0.6 is 0 Å². The first kappa shape index (κ1) is 12.9. The lowest BCUT2D eigenvalue weighted by Gasteiger charge is -2.26. The molecule has 1 aliphatic rings. The van der Waals surface area contributed by atoms with Crippen molar-refractivity contribution in [3.8, 4) is 0 Å². The summed E-state index contributed by atoms with van der Waals surface area (Å²) in [7, 11) is 0.